The topological polar surface area (TPSA) is 105 Å². The Morgan fingerprint density at radius 3 is 2.26 bits per heavy atom. The van der Waals surface area contributed by atoms with Gasteiger partial charge < -0.3 is 24.8 Å². The number of rotatable bonds is 7. The van der Waals surface area contributed by atoms with Crippen LogP contribution in [0.4, 0.5) is 4.79 Å². The molecular weight excluding hydrogens is 436 g/mol. The number of carbonyl (C=O) groups excluding carboxylic acids is 2. The summed E-state index contributed by atoms with van der Waals surface area (Å²) in [5.41, 5.74) is 4.43. The van der Waals surface area contributed by atoms with E-state index in [9.17, 15) is 19.5 Å². The highest BCUT2D eigenvalue weighted by molar-refractivity contribution is 5.90. The van der Waals surface area contributed by atoms with Crippen LogP contribution in [0.1, 0.15) is 43.2 Å². The number of likely N-dealkylation sites (tertiary alicyclic amines) is 1. The highest BCUT2D eigenvalue weighted by Gasteiger charge is 2.39. The van der Waals surface area contributed by atoms with E-state index in [-0.39, 0.29) is 12.5 Å². The molecule has 0 radical (unpaired) electrons. The summed E-state index contributed by atoms with van der Waals surface area (Å²) in [4.78, 5) is 39.0. The summed E-state index contributed by atoms with van der Waals surface area (Å²) in [6.07, 6.45) is 0.442. The lowest BCUT2D eigenvalue weighted by molar-refractivity contribution is -0.154. The number of ether oxygens (including phenoxy) is 2. The molecule has 2 N–H and O–H groups in total. The van der Waals surface area contributed by atoms with Crippen LogP contribution in [0.15, 0.2) is 48.5 Å². The van der Waals surface area contributed by atoms with Gasteiger partial charge in [0.15, 0.2) is 0 Å². The number of hydrogen-bond acceptors (Lipinski definition) is 5. The number of carbonyl (C=O) groups is 3. The molecule has 0 aromatic heterocycles. The van der Waals surface area contributed by atoms with Crippen molar-refractivity contribution in [2.75, 3.05) is 20.3 Å². The molecule has 2 aliphatic rings. The molecule has 0 saturated carbocycles. The van der Waals surface area contributed by atoms with E-state index in [2.05, 4.69) is 17.4 Å². The van der Waals surface area contributed by atoms with Gasteiger partial charge in [0.05, 0.1) is 6.10 Å². The normalized spacial score (nSPS) is 19.0. The Morgan fingerprint density at radius 1 is 1.06 bits per heavy atom. The second kappa shape index (κ2) is 10.3. The molecule has 0 unspecified atom stereocenters. The number of nitrogens with zero attached hydrogens (tertiary/aromatic N) is 1. The number of alkyl carbamates (subject to hydrolysis) is 1. The molecule has 180 valence electrons. The summed E-state index contributed by atoms with van der Waals surface area (Å²) in [6.45, 7) is 2.10. The predicted molar refractivity (Wildman–Crippen MR) is 125 cm³/mol. The molecule has 34 heavy (non-hydrogen) atoms. The summed E-state index contributed by atoms with van der Waals surface area (Å²) in [5, 5.41) is 12.2. The van der Waals surface area contributed by atoms with Gasteiger partial charge in [0.2, 0.25) is 5.91 Å². The number of nitrogens with one attached hydrogen (secondary N) is 1. The van der Waals surface area contributed by atoms with Crippen LogP contribution in [0.5, 0.6) is 0 Å². The second-order valence-corrected chi connectivity index (χ2v) is 8.77. The van der Waals surface area contributed by atoms with Gasteiger partial charge in [-0.3, -0.25) is 4.79 Å². The number of hydrogen-bond donors (Lipinski definition) is 2. The first-order valence-corrected chi connectivity index (χ1v) is 11.6. The molecule has 1 heterocycles. The summed E-state index contributed by atoms with van der Waals surface area (Å²) in [5.74, 6) is -1.63. The standard InChI is InChI=1S/C26H30N2O6/c1-16(33-2)23(24(29)28-14-8-7-13-22(28)25(30)31)27-26(32)34-15-21-19-11-5-3-9-17(19)18-10-4-6-12-20(18)21/h3-6,9-12,16,21-23H,7-8,13-15H2,1-2H3,(H,27,32)(H,30,31)/t16-,22-,23+/m1/s1. The van der Waals surface area contributed by atoms with E-state index in [0.29, 0.717) is 19.4 Å². The SMILES string of the molecule is CO[C@H](C)[C@H](NC(=O)OCC1c2ccccc2-c2ccccc21)C(=O)N1CCCC[C@@H]1C(=O)O. The quantitative estimate of drug-likeness (QED) is 0.648. The fourth-order valence-electron chi connectivity index (χ4n) is 4.91. The van der Waals surface area contributed by atoms with Gasteiger partial charge in [-0.1, -0.05) is 48.5 Å². The number of benzene rings is 2. The molecular formula is C26H30N2O6. The monoisotopic (exact) mass is 466 g/mol. The average Bonchev–Trinajstić information content (AvgIpc) is 3.18. The Morgan fingerprint density at radius 2 is 1.68 bits per heavy atom. The van der Waals surface area contributed by atoms with Crippen LogP contribution in [0.2, 0.25) is 0 Å². The lowest BCUT2D eigenvalue weighted by Crippen LogP contribution is -2.59. The van der Waals surface area contributed by atoms with Gasteiger partial charge >= 0.3 is 12.1 Å². The van der Waals surface area contributed by atoms with E-state index in [1.807, 2.05) is 36.4 Å². The molecule has 0 bridgehead atoms. The fourth-order valence-corrected chi connectivity index (χ4v) is 4.91. The number of fused-ring (bicyclic) bond motifs is 3. The Bertz CT molecular complexity index is 1030. The number of carboxylic acids is 1. The fraction of sp³-hybridized carbons (Fsp3) is 0.423. The summed E-state index contributed by atoms with van der Waals surface area (Å²) in [7, 11) is 1.44. The first kappa shape index (κ1) is 23.8. The van der Waals surface area contributed by atoms with Crippen LogP contribution in [0, 0.1) is 0 Å². The summed E-state index contributed by atoms with van der Waals surface area (Å²) in [6, 6.07) is 14.1. The van der Waals surface area contributed by atoms with E-state index in [0.717, 1.165) is 28.7 Å². The molecule has 2 aromatic rings. The number of amides is 2. The Labute approximate surface area is 198 Å². The number of carboxylic acid groups (broad SMARTS) is 1. The summed E-state index contributed by atoms with van der Waals surface area (Å²) >= 11 is 0. The Hall–Kier alpha value is -3.39. The molecule has 3 atom stereocenters. The lowest BCUT2D eigenvalue weighted by atomic mass is 9.98. The minimum absolute atomic E-state index is 0.106. The number of aliphatic carboxylic acids is 1. The number of piperidine rings is 1. The van der Waals surface area contributed by atoms with Crippen molar-refractivity contribution in [3.63, 3.8) is 0 Å². The first-order chi connectivity index (χ1) is 16.4. The molecule has 1 aliphatic heterocycles. The summed E-state index contributed by atoms with van der Waals surface area (Å²) < 4.78 is 10.9. The van der Waals surface area contributed by atoms with Gasteiger partial charge in [0, 0.05) is 19.6 Å². The third-order valence-electron chi connectivity index (χ3n) is 6.80. The van der Waals surface area contributed by atoms with Crippen LogP contribution >= 0.6 is 0 Å². The van der Waals surface area contributed by atoms with Crippen molar-refractivity contribution in [2.45, 2.75) is 50.3 Å². The van der Waals surface area contributed by atoms with Crippen LogP contribution in [-0.4, -0.2) is 66.4 Å². The maximum absolute atomic E-state index is 13.2. The molecule has 2 aromatic carbocycles. The van der Waals surface area contributed by atoms with Gasteiger partial charge in [-0.15, -0.1) is 0 Å². The number of methoxy groups -OCH3 is 1. The van der Waals surface area contributed by atoms with Gasteiger partial charge in [0.1, 0.15) is 18.7 Å². The lowest BCUT2D eigenvalue weighted by Gasteiger charge is -2.36. The Balaban J connectivity index is 1.46. The van der Waals surface area contributed by atoms with E-state index >= 15 is 0 Å². The molecule has 1 saturated heterocycles. The van der Waals surface area contributed by atoms with Crippen LogP contribution in [-0.2, 0) is 19.1 Å². The van der Waals surface area contributed by atoms with Crippen LogP contribution in [0.25, 0.3) is 11.1 Å². The molecule has 0 spiro atoms. The maximum Gasteiger partial charge on any atom is 0.407 e. The van der Waals surface area contributed by atoms with Crippen molar-refractivity contribution in [2.24, 2.45) is 0 Å². The molecule has 1 fully saturated rings. The minimum Gasteiger partial charge on any atom is -0.480 e. The second-order valence-electron chi connectivity index (χ2n) is 8.77. The highest BCUT2D eigenvalue weighted by atomic mass is 16.5. The van der Waals surface area contributed by atoms with E-state index < -0.39 is 36.2 Å². The van der Waals surface area contributed by atoms with Gasteiger partial charge in [-0.2, -0.15) is 0 Å². The van der Waals surface area contributed by atoms with Gasteiger partial charge in [0.25, 0.3) is 0 Å². The van der Waals surface area contributed by atoms with Crippen molar-refractivity contribution in [3.05, 3.63) is 59.7 Å². The van der Waals surface area contributed by atoms with Crippen molar-refractivity contribution in [3.8, 4) is 11.1 Å². The largest absolute Gasteiger partial charge is 0.480 e. The van der Waals surface area contributed by atoms with E-state index in [1.54, 1.807) is 6.92 Å². The van der Waals surface area contributed by atoms with E-state index in [4.69, 9.17) is 9.47 Å². The molecule has 1 aliphatic carbocycles. The molecule has 2 amide bonds. The zero-order chi connectivity index (χ0) is 24.2. The van der Waals surface area contributed by atoms with Gasteiger partial charge in [-0.05, 0) is 48.4 Å². The Kier molecular flexibility index (Phi) is 7.17. The van der Waals surface area contributed by atoms with E-state index in [1.165, 1.54) is 12.0 Å². The maximum atomic E-state index is 13.2. The molecule has 8 nitrogen and oxygen atoms in total. The van der Waals surface area contributed by atoms with Crippen molar-refractivity contribution in [1.82, 2.24) is 10.2 Å². The first-order valence-electron chi connectivity index (χ1n) is 11.6. The third kappa shape index (κ3) is 4.63. The zero-order valence-corrected chi connectivity index (χ0v) is 19.4. The average molecular weight is 467 g/mol. The molecule has 8 heteroatoms. The van der Waals surface area contributed by atoms with Crippen LogP contribution < -0.4 is 5.32 Å². The van der Waals surface area contributed by atoms with Crippen molar-refractivity contribution >= 4 is 18.0 Å². The highest BCUT2D eigenvalue weighted by Crippen LogP contribution is 2.44. The smallest absolute Gasteiger partial charge is 0.407 e. The van der Waals surface area contributed by atoms with Gasteiger partial charge in [-0.25, -0.2) is 9.59 Å². The van der Waals surface area contributed by atoms with Crippen molar-refractivity contribution in [1.29, 1.82) is 0 Å². The molecule has 4 rings (SSSR count). The minimum atomic E-state index is -1.05. The third-order valence-corrected chi connectivity index (χ3v) is 6.80. The van der Waals surface area contributed by atoms with Crippen molar-refractivity contribution < 1.29 is 29.0 Å². The zero-order valence-electron chi connectivity index (χ0n) is 19.4. The predicted octanol–water partition coefficient (Wildman–Crippen LogP) is 3.39. The van der Waals surface area contributed by atoms with Crippen LogP contribution in [0.3, 0.4) is 0 Å².